The van der Waals surface area contributed by atoms with Gasteiger partial charge in [-0.3, -0.25) is 9.48 Å². The Kier molecular flexibility index (Phi) is 5.98. The maximum atomic E-state index is 13.2. The van der Waals surface area contributed by atoms with Crippen molar-refractivity contribution in [3.8, 4) is 16.9 Å². The number of para-hydroxylation sites is 1. The molecule has 2 aromatic heterocycles. The molecule has 0 aliphatic rings. The minimum Gasteiger partial charge on any atom is -0.352 e. The summed E-state index contributed by atoms with van der Waals surface area (Å²) < 4.78 is 3.82. The number of benzene rings is 2. The van der Waals surface area contributed by atoms with Crippen molar-refractivity contribution in [3.63, 3.8) is 0 Å². The molecule has 0 aliphatic heterocycles. The van der Waals surface area contributed by atoms with Crippen molar-refractivity contribution in [3.05, 3.63) is 89.4 Å². The molecule has 0 radical (unpaired) electrons. The summed E-state index contributed by atoms with van der Waals surface area (Å²) in [6, 6.07) is 21.8. The van der Waals surface area contributed by atoms with Crippen LogP contribution in [0.15, 0.2) is 66.7 Å². The number of hydrogen-bond donors (Lipinski definition) is 1. The summed E-state index contributed by atoms with van der Waals surface area (Å²) in [6.45, 7) is 7.32. The average Bonchev–Trinajstić information content (AvgIpc) is 3.30. The summed E-state index contributed by atoms with van der Waals surface area (Å²) in [5.41, 5.74) is 6.13. The smallest absolute Gasteiger partial charge is 0.255 e. The molecule has 0 spiro atoms. The summed E-state index contributed by atoms with van der Waals surface area (Å²) in [7, 11) is 0. The molecule has 6 heteroatoms. The van der Waals surface area contributed by atoms with Gasteiger partial charge in [-0.15, -0.1) is 0 Å². The Morgan fingerprint density at radius 3 is 2.26 bits per heavy atom. The van der Waals surface area contributed by atoms with Crippen LogP contribution in [0.1, 0.15) is 33.9 Å². The van der Waals surface area contributed by atoms with Crippen LogP contribution in [-0.2, 0) is 6.54 Å². The van der Waals surface area contributed by atoms with Crippen LogP contribution in [-0.4, -0.2) is 32.0 Å². The Hall–Kier alpha value is -3.67. The Morgan fingerprint density at radius 2 is 1.61 bits per heavy atom. The molecule has 158 valence electrons. The molecule has 0 fully saturated rings. The molecule has 31 heavy (non-hydrogen) atoms. The molecule has 4 aromatic rings. The van der Waals surface area contributed by atoms with Crippen LogP contribution in [0.5, 0.6) is 0 Å². The lowest BCUT2D eigenvalue weighted by Crippen LogP contribution is -2.26. The number of aryl methyl sites for hydroxylation is 3. The molecule has 0 unspecified atom stereocenters. The van der Waals surface area contributed by atoms with Gasteiger partial charge in [-0.05, 0) is 45.4 Å². The number of carbonyl (C=O) groups excluding carboxylic acids is 1. The van der Waals surface area contributed by atoms with Crippen LogP contribution >= 0.6 is 0 Å². The third-order valence-corrected chi connectivity index (χ3v) is 5.33. The highest BCUT2D eigenvalue weighted by atomic mass is 16.1. The fraction of sp³-hybridized carbons (Fsp3) is 0.240. The summed E-state index contributed by atoms with van der Waals surface area (Å²) in [5, 5.41) is 12.4. The van der Waals surface area contributed by atoms with Crippen molar-refractivity contribution in [1.82, 2.24) is 24.9 Å². The second kappa shape index (κ2) is 9.00. The Balaban J connectivity index is 1.56. The van der Waals surface area contributed by atoms with Crippen molar-refractivity contribution < 1.29 is 4.79 Å². The number of carbonyl (C=O) groups is 1. The number of rotatable bonds is 7. The summed E-state index contributed by atoms with van der Waals surface area (Å²) in [5.74, 6) is -0.105. The van der Waals surface area contributed by atoms with Crippen molar-refractivity contribution in [2.75, 3.05) is 6.54 Å². The van der Waals surface area contributed by atoms with Crippen LogP contribution < -0.4 is 5.32 Å². The molecule has 1 N–H and O–H groups in total. The van der Waals surface area contributed by atoms with Gasteiger partial charge in [-0.2, -0.15) is 10.2 Å². The van der Waals surface area contributed by atoms with Gasteiger partial charge in [0.1, 0.15) is 5.69 Å². The first-order valence-electron chi connectivity index (χ1n) is 10.5. The third-order valence-electron chi connectivity index (χ3n) is 5.33. The van der Waals surface area contributed by atoms with Crippen LogP contribution in [0, 0.1) is 20.8 Å². The van der Waals surface area contributed by atoms with Gasteiger partial charge in [0.05, 0.1) is 22.6 Å². The van der Waals surface area contributed by atoms with E-state index in [2.05, 4.69) is 16.5 Å². The number of aromatic nitrogens is 4. The van der Waals surface area contributed by atoms with E-state index >= 15 is 0 Å². The molecule has 2 aromatic carbocycles. The highest BCUT2D eigenvalue weighted by Gasteiger charge is 2.22. The monoisotopic (exact) mass is 413 g/mol. The fourth-order valence-corrected chi connectivity index (χ4v) is 3.81. The molecule has 0 atom stereocenters. The van der Waals surface area contributed by atoms with E-state index in [1.54, 1.807) is 0 Å². The van der Waals surface area contributed by atoms with Crippen LogP contribution in [0.4, 0.5) is 0 Å². The van der Waals surface area contributed by atoms with Gasteiger partial charge in [0, 0.05) is 24.3 Å². The van der Waals surface area contributed by atoms with E-state index in [-0.39, 0.29) is 5.91 Å². The van der Waals surface area contributed by atoms with Crippen molar-refractivity contribution in [2.45, 2.75) is 33.7 Å². The minimum absolute atomic E-state index is 0.105. The summed E-state index contributed by atoms with van der Waals surface area (Å²) in [4.78, 5) is 13.2. The molecule has 2 heterocycles. The van der Waals surface area contributed by atoms with Crippen molar-refractivity contribution >= 4 is 5.91 Å². The lowest BCUT2D eigenvalue weighted by molar-refractivity contribution is 0.0952. The van der Waals surface area contributed by atoms with E-state index in [9.17, 15) is 4.79 Å². The van der Waals surface area contributed by atoms with Crippen LogP contribution in [0.25, 0.3) is 16.9 Å². The second-order valence-electron chi connectivity index (χ2n) is 7.68. The van der Waals surface area contributed by atoms with Gasteiger partial charge in [0.2, 0.25) is 0 Å². The summed E-state index contributed by atoms with van der Waals surface area (Å²) >= 11 is 0. The number of nitrogens with one attached hydrogen (secondary N) is 1. The van der Waals surface area contributed by atoms with Gasteiger partial charge in [-0.1, -0.05) is 48.5 Å². The largest absolute Gasteiger partial charge is 0.352 e. The Labute approximate surface area is 182 Å². The van der Waals surface area contributed by atoms with Gasteiger partial charge < -0.3 is 5.32 Å². The maximum absolute atomic E-state index is 13.2. The van der Waals surface area contributed by atoms with Gasteiger partial charge >= 0.3 is 0 Å². The van der Waals surface area contributed by atoms with E-state index in [4.69, 9.17) is 5.10 Å². The van der Waals surface area contributed by atoms with Crippen LogP contribution in [0.3, 0.4) is 0 Å². The zero-order valence-corrected chi connectivity index (χ0v) is 18.2. The van der Waals surface area contributed by atoms with Gasteiger partial charge in [0.25, 0.3) is 5.91 Å². The molecule has 6 nitrogen and oxygen atoms in total. The first-order valence-corrected chi connectivity index (χ1v) is 10.5. The molecule has 0 bridgehead atoms. The Morgan fingerprint density at radius 1 is 0.935 bits per heavy atom. The number of amides is 1. The lowest BCUT2D eigenvalue weighted by Gasteiger charge is -2.08. The average molecular weight is 414 g/mol. The lowest BCUT2D eigenvalue weighted by atomic mass is 10.1. The fourth-order valence-electron chi connectivity index (χ4n) is 3.81. The first-order chi connectivity index (χ1) is 15.0. The van der Waals surface area contributed by atoms with Gasteiger partial charge in [0.15, 0.2) is 0 Å². The second-order valence-corrected chi connectivity index (χ2v) is 7.68. The van der Waals surface area contributed by atoms with Gasteiger partial charge in [-0.25, -0.2) is 4.68 Å². The molecule has 0 saturated heterocycles. The molecule has 0 aliphatic carbocycles. The zero-order chi connectivity index (χ0) is 21.8. The first kappa shape index (κ1) is 20.6. The summed E-state index contributed by atoms with van der Waals surface area (Å²) in [6.07, 6.45) is 0.806. The zero-order valence-electron chi connectivity index (χ0n) is 18.2. The topological polar surface area (TPSA) is 64.7 Å². The van der Waals surface area contributed by atoms with E-state index < -0.39 is 0 Å². The van der Waals surface area contributed by atoms with E-state index in [0.717, 1.165) is 41.3 Å². The third kappa shape index (κ3) is 4.43. The van der Waals surface area contributed by atoms with E-state index in [1.807, 2.05) is 90.8 Å². The molecule has 4 rings (SSSR count). The Bertz CT molecular complexity index is 1180. The number of hydrogen-bond acceptors (Lipinski definition) is 3. The van der Waals surface area contributed by atoms with Crippen molar-refractivity contribution in [1.29, 1.82) is 0 Å². The van der Waals surface area contributed by atoms with E-state index in [0.29, 0.717) is 17.8 Å². The highest BCUT2D eigenvalue weighted by Crippen LogP contribution is 2.27. The standard InChI is InChI=1S/C25H27N5O/c1-18-17-19(2)29(27-18)16-10-15-26-25(31)23-20(3)30(22-13-8-5-9-14-22)28-24(23)21-11-6-4-7-12-21/h4-9,11-14,17H,10,15-16H2,1-3H3,(H,26,31). The predicted molar refractivity (Wildman–Crippen MR) is 122 cm³/mol. The van der Waals surface area contributed by atoms with Crippen LogP contribution in [0.2, 0.25) is 0 Å². The molecule has 0 saturated carbocycles. The molecule has 1 amide bonds. The predicted octanol–water partition coefficient (Wildman–Crippen LogP) is 4.48. The highest BCUT2D eigenvalue weighted by molar-refractivity contribution is 6.01. The quantitative estimate of drug-likeness (QED) is 0.454. The molecular formula is C25H27N5O. The minimum atomic E-state index is -0.105. The number of nitrogens with zero attached hydrogens (tertiary/aromatic N) is 4. The molecular weight excluding hydrogens is 386 g/mol. The van der Waals surface area contributed by atoms with Crippen molar-refractivity contribution in [2.24, 2.45) is 0 Å². The SMILES string of the molecule is Cc1cc(C)n(CCCNC(=O)c2c(-c3ccccc3)nn(-c3ccccc3)c2C)n1. The van der Waals surface area contributed by atoms with E-state index in [1.165, 1.54) is 0 Å². The maximum Gasteiger partial charge on any atom is 0.255 e. The normalized spacial score (nSPS) is 10.9.